The molecule has 1 aliphatic heterocycles. The van der Waals surface area contributed by atoms with Gasteiger partial charge in [-0.3, -0.25) is 14.5 Å². The third kappa shape index (κ3) is 4.86. The quantitative estimate of drug-likeness (QED) is 0.420. The number of imide groups is 1. The van der Waals surface area contributed by atoms with Gasteiger partial charge in [0.15, 0.2) is 0 Å². The van der Waals surface area contributed by atoms with E-state index in [1.807, 2.05) is 36.4 Å². The molecule has 1 aliphatic rings. The van der Waals surface area contributed by atoms with Gasteiger partial charge >= 0.3 is 0 Å². The first-order valence-corrected chi connectivity index (χ1v) is 10.9. The van der Waals surface area contributed by atoms with Gasteiger partial charge < -0.3 is 4.74 Å². The fourth-order valence-electron chi connectivity index (χ4n) is 3.16. The number of thioether (sulfide) groups is 1. The second-order valence-corrected chi connectivity index (χ2v) is 8.39. The van der Waals surface area contributed by atoms with Gasteiger partial charge in [0.05, 0.1) is 23.1 Å². The summed E-state index contributed by atoms with van der Waals surface area (Å²) in [7, 11) is 0. The van der Waals surface area contributed by atoms with Crippen molar-refractivity contribution in [2.75, 3.05) is 0 Å². The van der Waals surface area contributed by atoms with Crippen molar-refractivity contribution in [2.24, 2.45) is 0 Å². The lowest BCUT2D eigenvalue weighted by atomic mass is 10.1. The third-order valence-electron chi connectivity index (χ3n) is 4.87. The number of rotatable bonds is 6. The second-order valence-electron chi connectivity index (χ2n) is 6.99. The molecule has 158 valence electrons. The van der Waals surface area contributed by atoms with Gasteiger partial charge in [0.2, 0.25) is 0 Å². The van der Waals surface area contributed by atoms with Gasteiger partial charge in [-0.15, -0.1) is 0 Å². The molecule has 3 aromatic rings. The Balaban J connectivity index is 1.43. The number of benzene rings is 3. The number of nitrogens with zero attached hydrogens (tertiary/aromatic N) is 2. The molecule has 2 amide bonds. The number of halogens is 1. The van der Waals surface area contributed by atoms with Gasteiger partial charge in [0.25, 0.3) is 11.1 Å². The van der Waals surface area contributed by atoms with E-state index in [-0.39, 0.29) is 24.3 Å². The van der Waals surface area contributed by atoms with Crippen LogP contribution < -0.4 is 4.74 Å². The molecule has 7 heteroatoms. The molecule has 0 radical (unpaired) electrons. The van der Waals surface area contributed by atoms with Gasteiger partial charge in [-0.2, -0.15) is 5.26 Å². The Hall–Kier alpha value is -3.53. The molecule has 3 aromatic carbocycles. The highest BCUT2D eigenvalue weighted by Crippen LogP contribution is 2.34. The van der Waals surface area contributed by atoms with Crippen molar-refractivity contribution >= 4 is 40.6 Å². The summed E-state index contributed by atoms with van der Waals surface area (Å²) in [6.07, 6.45) is 1.69. The van der Waals surface area contributed by atoms with Crippen molar-refractivity contribution in [3.63, 3.8) is 0 Å². The predicted octanol–water partition coefficient (Wildman–Crippen LogP) is 6.03. The highest BCUT2D eigenvalue weighted by atomic mass is 35.5. The summed E-state index contributed by atoms with van der Waals surface area (Å²) in [5.74, 6) is 0.301. The maximum Gasteiger partial charge on any atom is 0.293 e. The maximum absolute atomic E-state index is 12.7. The number of carbonyl (C=O) groups is 2. The molecule has 1 saturated heterocycles. The van der Waals surface area contributed by atoms with Crippen LogP contribution in [0.15, 0.2) is 77.7 Å². The Labute approximate surface area is 194 Å². The lowest BCUT2D eigenvalue weighted by molar-refractivity contribution is -0.123. The van der Waals surface area contributed by atoms with Crippen LogP contribution in [0.1, 0.15) is 22.3 Å². The van der Waals surface area contributed by atoms with Gasteiger partial charge in [0.1, 0.15) is 12.4 Å². The first-order chi connectivity index (χ1) is 15.5. The summed E-state index contributed by atoms with van der Waals surface area (Å²) in [5, 5.41) is 9.36. The van der Waals surface area contributed by atoms with E-state index in [1.165, 1.54) is 4.90 Å². The summed E-state index contributed by atoms with van der Waals surface area (Å²) < 4.78 is 5.77. The molecule has 0 aromatic heterocycles. The smallest absolute Gasteiger partial charge is 0.293 e. The van der Waals surface area contributed by atoms with E-state index in [0.717, 1.165) is 28.5 Å². The molecule has 4 rings (SSSR count). The number of carbonyl (C=O) groups excluding carboxylic acids is 2. The molecular formula is C25H17ClN2O3S. The Morgan fingerprint density at radius 3 is 2.38 bits per heavy atom. The van der Waals surface area contributed by atoms with Crippen molar-refractivity contribution < 1.29 is 14.3 Å². The molecule has 0 saturated carbocycles. The van der Waals surface area contributed by atoms with Crippen LogP contribution in [0, 0.1) is 11.3 Å². The van der Waals surface area contributed by atoms with E-state index in [2.05, 4.69) is 6.07 Å². The van der Waals surface area contributed by atoms with Gasteiger partial charge in [-0.25, -0.2) is 0 Å². The zero-order valence-corrected chi connectivity index (χ0v) is 18.4. The Bertz CT molecular complexity index is 1250. The van der Waals surface area contributed by atoms with Crippen molar-refractivity contribution in [1.82, 2.24) is 4.90 Å². The van der Waals surface area contributed by atoms with Crippen LogP contribution in [0.5, 0.6) is 5.75 Å². The highest BCUT2D eigenvalue weighted by Gasteiger charge is 2.35. The van der Waals surface area contributed by atoms with E-state index in [0.29, 0.717) is 21.2 Å². The Kier molecular flexibility index (Phi) is 6.60. The number of hydrogen-bond donors (Lipinski definition) is 0. The molecule has 0 bridgehead atoms. The minimum Gasteiger partial charge on any atom is -0.489 e. The topological polar surface area (TPSA) is 70.4 Å². The van der Waals surface area contributed by atoms with Crippen molar-refractivity contribution in [3.8, 4) is 11.8 Å². The summed E-state index contributed by atoms with van der Waals surface area (Å²) in [4.78, 5) is 26.7. The number of nitriles is 1. The van der Waals surface area contributed by atoms with Crippen LogP contribution in [0.3, 0.4) is 0 Å². The summed E-state index contributed by atoms with van der Waals surface area (Å²) in [5.41, 5.74) is 2.89. The first kappa shape index (κ1) is 21.7. The maximum atomic E-state index is 12.7. The number of amides is 2. The fourth-order valence-corrected chi connectivity index (χ4v) is 4.20. The molecule has 1 fully saturated rings. The average molecular weight is 461 g/mol. The molecule has 0 N–H and O–H groups in total. The van der Waals surface area contributed by atoms with E-state index < -0.39 is 0 Å². The summed E-state index contributed by atoms with van der Waals surface area (Å²) in [6, 6.07) is 23.8. The third-order valence-corrected chi connectivity index (χ3v) is 6.15. The zero-order chi connectivity index (χ0) is 22.5. The molecule has 0 atom stereocenters. The standard InChI is InChI=1S/C25H17ClN2O3S/c26-22-8-4-3-6-19(22)15-28-24(29)23(32-25(28)30)13-17-9-11-21(12-10-17)31-16-20-7-2-1-5-18(20)14-27/h1-13H,15-16H2/b23-13-. The molecule has 1 heterocycles. The summed E-state index contributed by atoms with van der Waals surface area (Å²) in [6.45, 7) is 0.419. The highest BCUT2D eigenvalue weighted by molar-refractivity contribution is 8.18. The predicted molar refractivity (Wildman–Crippen MR) is 125 cm³/mol. The lowest BCUT2D eigenvalue weighted by Crippen LogP contribution is -2.27. The SMILES string of the molecule is N#Cc1ccccc1COc1ccc(/C=C2\SC(=O)N(Cc3ccccc3Cl)C2=O)cc1. The minimum absolute atomic E-state index is 0.138. The van der Waals surface area contributed by atoms with Gasteiger partial charge in [-0.1, -0.05) is 60.1 Å². The molecule has 5 nitrogen and oxygen atoms in total. The van der Waals surface area contributed by atoms with Crippen LogP contribution in [0.4, 0.5) is 4.79 Å². The van der Waals surface area contributed by atoms with Crippen LogP contribution in [-0.2, 0) is 17.9 Å². The van der Waals surface area contributed by atoms with Gasteiger partial charge in [0, 0.05) is 10.6 Å². The van der Waals surface area contributed by atoms with Gasteiger partial charge in [-0.05, 0) is 53.2 Å². The Morgan fingerprint density at radius 2 is 1.66 bits per heavy atom. The zero-order valence-electron chi connectivity index (χ0n) is 16.8. The second kappa shape index (κ2) is 9.73. The van der Waals surface area contributed by atoms with Crippen molar-refractivity contribution in [2.45, 2.75) is 13.2 Å². The monoisotopic (exact) mass is 460 g/mol. The normalized spacial score (nSPS) is 14.6. The largest absolute Gasteiger partial charge is 0.489 e. The first-order valence-electron chi connectivity index (χ1n) is 9.75. The lowest BCUT2D eigenvalue weighted by Gasteiger charge is -2.13. The van der Waals surface area contributed by atoms with E-state index in [9.17, 15) is 9.59 Å². The number of ether oxygens (including phenoxy) is 1. The van der Waals surface area contributed by atoms with Crippen LogP contribution >= 0.6 is 23.4 Å². The van der Waals surface area contributed by atoms with E-state index in [4.69, 9.17) is 21.6 Å². The molecular weight excluding hydrogens is 444 g/mol. The molecule has 0 unspecified atom stereocenters. The average Bonchev–Trinajstić information content (AvgIpc) is 3.07. The minimum atomic E-state index is -0.339. The molecule has 0 spiro atoms. The van der Waals surface area contributed by atoms with E-state index in [1.54, 1.807) is 42.5 Å². The molecule has 32 heavy (non-hydrogen) atoms. The van der Waals surface area contributed by atoms with E-state index >= 15 is 0 Å². The summed E-state index contributed by atoms with van der Waals surface area (Å²) >= 11 is 7.07. The fraction of sp³-hybridized carbons (Fsp3) is 0.0800. The van der Waals surface area contributed by atoms with Crippen molar-refractivity contribution in [1.29, 1.82) is 5.26 Å². The Morgan fingerprint density at radius 1 is 0.969 bits per heavy atom. The molecule has 0 aliphatic carbocycles. The number of hydrogen-bond acceptors (Lipinski definition) is 5. The van der Waals surface area contributed by atoms with Crippen LogP contribution in [0.2, 0.25) is 5.02 Å². The van der Waals surface area contributed by atoms with Crippen LogP contribution in [-0.4, -0.2) is 16.0 Å². The van der Waals surface area contributed by atoms with Crippen molar-refractivity contribution in [3.05, 3.63) is 105 Å². The van der Waals surface area contributed by atoms with Crippen LogP contribution in [0.25, 0.3) is 6.08 Å².